The smallest absolute Gasteiger partial charge is 0.0168 e. The first-order valence-electron chi connectivity index (χ1n) is 22.3. The summed E-state index contributed by atoms with van der Waals surface area (Å²) in [6.45, 7) is 2.47. The minimum absolute atomic E-state index is 0.112. The van der Waals surface area contributed by atoms with Crippen LogP contribution in [-0.2, 0) is 0 Å². The molecule has 10 aromatic rings. The third-order valence-electron chi connectivity index (χ3n) is 14.2. The van der Waals surface area contributed by atoms with E-state index in [1.807, 2.05) is 0 Å². The Bertz CT molecular complexity index is 3510. The van der Waals surface area contributed by atoms with E-state index in [9.17, 15) is 0 Å². The molecular formula is C63H42. The summed E-state index contributed by atoms with van der Waals surface area (Å²) in [6, 6.07) is 84.0. The SMILES string of the molecule is CC1C(c2ccccc2)=C2C(=C(c3ccccc3)C1c1ccc(-c3cc(-c4ccccc4)c4c(c3-c3ccccc3)-c3cccc5cccc-4c35)cc1)c1cccc3cccc2c13. The van der Waals surface area contributed by atoms with Gasteiger partial charge in [-0.05, 0) is 139 Å². The van der Waals surface area contributed by atoms with Crippen molar-refractivity contribution in [1.82, 2.24) is 0 Å². The Morgan fingerprint density at radius 3 is 1.25 bits per heavy atom. The Kier molecular flexibility index (Phi) is 8.05. The van der Waals surface area contributed by atoms with Gasteiger partial charge in [0.05, 0.1) is 0 Å². The molecule has 0 fully saturated rings. The van der Waals surface area contributed by atoms with Crippen LogP contribution in [0.3, 0.4) is 0 Å². The predicted molar refractivity (Wildman–Crippen MR) is 267 cm³/mol. The monoisotopic (exact) mass is 798 g/mol. The summed E-state index contributed by atoms with van der Waals surface area (Å²) in [5.41, 5.74) is 25.0. The summed E-state index contributed by atoms with van der Waals surface area (Å²) in [4.78, 5) is 0. The highest BCUT2D eigenvalue weighted by molar-refractivity contribution is 6.34. The highest BCUT2D eigenvalue weighted by Crippen LogP contribution is 2.62. The summed E-state index contributed by atoms with van der Waals surface area (Å²) in [5.74, 6) is 0.306. The molecule has 0 saturated heterocycles. The lowest BCUT2D eigenvalue weighted by Crippen LogP contribution is -2.20. The third kappa shape index (κ3) is 5.35. The highest BCUT2D eigenvalue weighted by atomic mass is 14.4. The zero-order valence-electron chi connectivity index (χ0n) is 35.0. The Hall–Kier alpha value is -7.80. The largest absolute Gasteiger partial charge is 0.0622 e. The van der Waals surface area contributed by atoms with E-state index in [0.717, 1.165) is 0 Å². The van der Waals surface area contributed by atoms with Crippen molar-refractivity contribution in [2.45, 2.75) is 12.8 Å². The van der Waals surface area contributed by atoms with Crippen LogP contribution in [0.15, 0.2) is 224 Å². The van der Waals surface area contributed by atoms with Gasteiger partial charge in [-0.2, -0.15) is 0 Å². The van der Waals surface area contributed by atoms with Crippen molar-refractivity contribution >= 4 is 43.8 Å². The van der Waals surface area contributed by atoms with Crippen LogP contribution in [0.5, 0.6) is 0 Å². The van der Waals surface area contributed by atoms with Gasteiger partial charge in [-0.25, -0.2) is 0 Å². The van der Waals surface area contributed by atoms with E-state index in [0.29, 0.717) is 0 Å². The van der Waals surface area contributed by atoms with Gasteiger partial charge >= 0.3 is 0 Å². The molecule has 0 nitrogen and oxygen atoms in total. The van der Waals surface area contributed by atoms with Crippen molar-refractivity contribution in [1.29, 1.82) is 0 Å². The lowest BCUT2D eigenvalue weighted by molar-refractivity contribution is 0.672. The lowest BCUT2D eigenvalue weighted by Gasteiger charge is -2.37. The summed E-state index contributed by atoms with van der Waals surface area (Å²) in [5, 5.41) is 5.29. The van der Waals surface area contributed by atoms with Crippen LogP contribution < -0.4 is 0 Å². The average Bonchev–Trinajstić information content (AvgIpc) is 3.87. The Balaban J connectivity index is 1.06. The van der Waals surface area contributed by atoms with Crippen LogP contribution in [0.4, 0.5) is 0 Å². The van der Waals surface area contributed by atoms with E-state index in [-0.39, 0.29) is 11.8 Å². The van der Waals surface area contributed by atoms with Gasteiger partial charge in [-0.1, -0.05) is 225 Å². The van der Waals surface area contributed by atoms with Gasteiger partial charge in [0.25, 0.3) is 0 Å². The molecule has 10 aromatic carbocycles. The molecule has 0 bridgehead atoms. The van der Waals surface area contributed by atoms with Gasteiger partial charge in [0, 0.05) is 5.92 Å². The van der Waals surface area contributed by atoms with E-state index < -0.39 is 0 Å². The number of allylic oxidation sites excluding steroid dienone is 4. The molecule has 3 aliphatic carbocycles. The molecule has 2 unspecified atom stereocenters. The van der Waals surface area contributed by atoms with Crippen molar-refractivity contribution in [2.75, 3.05) is 0 Å². The molecule has 0 spiro atoms. The first kappa shape index (κ1) is 35.9. The van der Waals surface area contributed by atoms with Gasteiger partial charge in [-0.15, -0.1) is 0 Å². The van der Waals surface area contributed by atoms with Crippen LogP contribution in [-0.4, -0.2) is 0 Å². The standard InChI is InChI=1S/C63H42/c1-39-54(59(46-24-12-5-13-25-46)63-51-33-17-29-44-28-15-31-49(57(44)51)61(63)55(39)42-20-8-3-9-21-42)47-36-34-41(35-37-47)52-38-53(40-18-6-2-7-19-40)60-48-30-14-26-43-27-16-32-50(56(43)48)62(60)58(52)45-22-10-4-11-23-45/h2-39,54H,1H3. The molecule has 0 N–H and O–H groups in total. The summed E-state index contributed by atoms with van der Waals surface area (Å²) < 4.78 is 0. The third-order valence-corrected chi connectivity index (χ3v) is 14.2. The minimum Gasteiger partial charge on any atom is -0.0622 e. The zero-order valence-corrected chi connectivity index (χ0v) is 35.0. The minimum atomic E-state index is 0.112. The molecule has 0 amide bonds. The molecule has 3 aliphatic rings. The fourth-order valence-corrected chi connectivity index (χ4v) is 11.6. The molecule has 0 heterocycles. The van der Waals surface area contributed by atoms with E-state index in [4.69, 9.17) is 0 Å². The molecule has 0 aromatic heterocycles. The first-order chi connectivity index (χ1) is 31.2. The van der Waals surface area contributed by atoms with E-state index >= 15 is 0 Å². The number of hydrogen-bond acceptors (Lipinski definition) is 0. The van der Waals surface area contributed by atoms with Gasteiger partial charge in [-0.3, -0.25) is 0 Å². The molecule has 0 heteroatoms. The van der Waals surface area contributed by atoms with Gasteiger partial charge in [0.1, 0.15) is 0 Å². The topological polar surface area (TPSA) is 0 Å². The maximum Gasteiger partial charge on any atom is 0.0168 e. The van der Waals surface area contributed by atoms with Crippen molar-refractivity contribution in [2.24, 2.45) is 5.92 Å². The lowest BCUT2D eigenvalue weighted by atomic mass is 9.65. The van der Waals surface area contributed by atoms with Crippen LogP contribution in [0.2, 0.25) is 0 Å². The van der Waals surface area contributed by atoms with Crippen molar-refractivity contribution in [3.05, 3.63) is 252 Å². The highest BCUT2D eigenvalue weighted by Gasteiger charge is 2.41. The quantitative estimate of drug-likeness (QED) is 0.157. The molecule has 63 heavy (non-hydrogen) atoms. The second kappa shape index (κ2) is 14.1. The van der Waals surface area contributed by atoms with Gasteiger partial charge < -0.3 is 0 Å². The van der Waals surface area contributed by atoms with Crippen LogP contribution in [0, 0.1) is 5.92 Å². The molecule has 2 atom stereocenters. The number of rotatable bonds is 6. The molecule has 13 rings (SSSR count). The zero-order chi connectivity index (χ0) is 41.6. The fraction of sp³-hybridized carbons (Fsp3) is 0.0476. The maximum absolute atomic E-state index is 2.48. The van der Waals surface area contributed by atoms with Crippen molar-refractivity contribution in [3.63, 3.8) is 0 Å². The van der Waals surface area contributed by atoms with E-state index in [2.05, 4.69) is 231 Å². The maximum atomic E-state index is 2.48. The van der Waals surface area contributed by atoms with Crippen LogP contribution in [0.1, 0.15) is 40.7 Å². The van der Waals surface area contributed by atoms with Crippen LogP contribution >= 0.6 is 0 Å². The van der Waals surface area contributed by atoms with E-state index in [1.165, 1.54) is 127 Å². The number of benzene rings is 10. The summed E-state index contributed by atoms with van der Waals surface area (Å²) in [6.07, 6.45) is 0. The molecule has 0 saturated carbocycles. The van der Waals surface area contributed by atoms with Crippen LogP contribution in [0.25, 0.3) is 99.5 Å². The molecular weight excluding hydrogens is 757 g/mol. The second-order valence-corrected chi connectivity index (χ2v) is 17.4. The molecule has 0 radical (unpaired) electrons. The van der Waals surface area contributed by atoms with Gasteiger partial charge in [0.15, 0.2) is 0 Å². The normalized spacial score (nSPS) is 15.9. The van der Waals surface area contributed by atoms with Gasteiger partial charge in [0.2, 0.25) is 0 Å². The summed E-state index contributed by atoms with van der Waals surface area (Å²) in [7, 11) is 0. The Morgan fingerprint density at radius 2 is 0.698 bits per heavy atom. The average molecular weight is 799 g/mol. The van der Waals surface area contributed by atoms with E-state index in [1.54, 1.807) is 0 Å². The Labute approximate surface area is 368 Å². The first-order valence-corrected chi connectivity index (χ1v) is 22.3. The second-order valence-electron chi connectivity index (χ2n) is 17.4. The number of hydrogen-bond donors (Lipinski definition) is 0. The molecule has 294 valence electrons. The Morgan fingerprint density at radius 1 is 0.286 bits per heavy atom. The fourth-order valence-electron chi connectivity index (χ4n) is 11.6. The van der Waals surface area contributed by atoms with Crippen molar-refractivity contribution < 1.29 is 0 Å². The number of fused-ring (bicyclic) bond motifs is 6. The molecule has 0 aliphatic heterocycles. The van der Waals surface area contributed by atoms with Crippen molar-refractivity contribution in [3.8, 4) is 55.6 Å². The summed E-state index contributed by atoms with van der Waals surface area (Å²) >= 11 is 0. The predicted octanol–water partition coefficient (Wildman–Crippen LogP) is 16.9.